The first-order valence-electron chi connectivity index (χ1n) is 9.31. The maximum atomic E-state index is 14.7. The van der Waals surface area contributed by atoms with E-state index in [0.29, 0.717) is 12.8 Å². The van der Waals surface area contributed by atoms with E-state index >= 15 is 0 Å². The van der Waals surface area contributed by atoms with Crippen LogP contribution < -0.4 is 5.32 Å². The van der Waals surface area contributed by atoms with Crippen molar-refractivity contribution in [3.05, 3.63) is 65.2 Å². The van der Waals surface area contributed by atoms with Crippen LogP contribution in [0.5, 0.6) is 0 Å². The van der Waals surface area contributed by atoms with E-state index < -0.39 is 34.7 Å². The summed E-state index contributed by atoms with van der Waals surface area (Å²) in [5.41, 5.74) is -1.71. The Hall–Kier alpha value is -2.96. The second kappa shape index (κ2) is 7.81. The van der Waals surface area contributed by atoms with Gasteiger partial charge in [0.15, 0.2) is 0 Å². The zero-order chi connectivity index (χ0) is 21.2. The van der Waals surface area contributed by atoms with Crippen LogP contribution in [0.15, 0.2) is 42.5 Å². The first-order valence-corrected chi connectivity index (χ1v) is 9.31. The maximum Gasteiger partial charge on any atom is 0.411 e. The number of halogens is 2. The minimum Gasteiger partial charge on any atom is -0.459 e. The first kappa shape index (κ1) is 20.8. The highest BCUT2D eigenvalue weighted by atomic mass is 19.1. The topological polar surface area (TPSA) is 64.6 Å². The molecule has 0 spiro atoms. The van der Waals surface area contributed by atoms with Gasteiger partial charge >= 0.3 is 12.1 Å². The molecule has 7 heteroatoms. The fourth-order valence-electron chi connectivity index (χ4n) is 3.04. The van der Waals surface area contributed by atoms with Gasteiger partial charge in [-0.2, -0.15) is 0 Å². The van der Waals surface area contributed by atoms with E-state index in [2.05, 4.69) is 5.32 Å². The molecule has 3 rings (SSSR count). The number of carbonyl (C=O) groups excluding carboxylic acids is 2. The molecular formula is C22H23F2NO4. The van der Waals surface area contributed by atoms with Crippen LogP contribution in [0, 0.1) is 11.6 Å². The van der Waals surface area contributed by atoms with Crippen molar-refractivity contribution in [1.82, 2.24) is 0 Å². The molecule has 5 nitrogen and oxygen atoms in total. The predicted molar refractivity (Wildman–Crippen MR) is 103 cm³/mol. The van der Waals surface area contributed by atoms with Gasteiger partial charge in [0.25, 0.3) is 0 Å². The monoisotopic (exact) mass is 403 g/mol. The minimum absolute atomic E-state index is 0.0253. The average molecular weight is 403 g/mol. The molecular weight excluding hydrogens is 380 g/mol. The standard InChI is InChI=1S/C22H23F2NO4/c1-21(2,3)29-19(26)22(9-10-22)18-16(23)11-15(12-17(18)24)25-20(27)28-13-14-7-5-4-6-8-14/h4-8,11-12H,9-10,13H2,1-3H3,(H,25,27). The summed E-state index contributed by atoms with van der Waals surface area (Å²) in [7, 11) is 0. The molecule has 2 aromatic rings. The smallest absolute Gasteiger partial charge is 0.411 e. The molecule has 1 saturated carbocycles. The molecule has 0 aromatic heterocycles. The molecule has 1 N–H and O–H groups in total. The Morgan fingerprint density at radius 1 is 1.07 bits per heavy atom. The van der Waals surface area contributed by atoms with Crippen LogP contribution in [0.3, 0.4) is 0 Å². The van der Waals surface area contributed by atoms with Crippen molar-refractivity contribution in [2.45, 2.75) is 51.2 Å². The van der Waals surface area contributed by atoms with Gasteiger partial charge in [-0.3, -0.25) is 10.1 Å². The third kappa shape index (κ3) is 4.91. The Bertz CT molecular complexity index is 895. The van der Waals surface area contributed by atoms with Crippen molar-refractivity contribution in [3.63, 3.8) is 0 Å². The van der Waals surface area contributed by atoms with Crippen LogP contribution in [-0.4, -0.2) is 17.7 Å². The number of nitrogens with one attached hydrogen (secondary N) is 1. The lowest BCUT2D eigenvalue weighted by Gasteiger charge is -2.24. The molecule has 1 aliphatic carbocycles. The molecule has 154 valence electrons. The third-order valence-corrected chi connectivity index (χ3v) is 4.52. The maximum absolute atomic E-state index is 14.7. The lowest BCUT2D eigenvalue weighted by Crippen LogP contribution is -2.33. The molecule has 1 fully saturated rings. The third-order valence-electron chi connectivity index (χ3n) is 4.52. The Kier molecular flexibility index (Phi) is 5.59. The van der Waals surface area contributed by atoms with Crippen molar-refractivity contribution in [1.29, 1.82) is 0 Å². The normalized spacial score (nSPS) is 14.8. The summed E-state index contributed by atoms with van der Waals surface area (Å²) in [5.74, 6) is -2.47. The van der Waals surface area contributed by atoms with E-state index in [1.807, 2.05) is 6.07 Å². The van der Waals surface area contributed by atoms with Gasteiger partial charge in [-0.1, -0.05) is 30.3 Å². The zero-order valence-corrected chi connectivity index (χ0v) is 16.6. The number of hydrogen-bond acceptors (Lipinski definition) is 4. The molecule has 0 unspecified atom stereocenters. The molecule has 0 radical (unpaired) electrons. The van der Waals surface area contributed by atoms with Gasteiger partial charge in [0.05, 0.1) is 5.41 Å². The second-order valence-corrected chi connectivity index (χ2v) is 8.09. The molecule has 0 saturated heterocycles. The van der Waals surface area contributed by atoms with E-state index in [1.165, 1.54) is 0 Å². The second-order valence-electron chi connectivity index (χ2n) is 8.09. The predicted octanol–water partition coefficient (Wildman–Crippen LogP) is 5.09. The molecule has 29 heavy (non-hydrogen) atoms. The number of rotatable bonds is 5. The molecule has 0 atom stereocenters. The largest absolute Gasteiger partial charge is 0.459 e. The van der Waals surface area contributed by atoms with E-state index in [4.69, 9.17) is 9.47 Å². The van der Waals surface area contributed by atoms with Crippen molar-refractivity contribution < 1.29 is 27.8 Å². The van der Waals surface area contributed by atoms with Crippen molar-refractivity contribution in [2.75, 3.05) is 5.32 Å². The summed E-state index contributed by atoms with van der Waals surface area (Å²) < 4.78 is 39.8. The number of hydrogen-bond donors (Lipinski definition) is 1. The molecule has 1 aliphatic rings. The number of anilines is 1. The van der Waals surface area contributed by atoms with Crippen molar-refractivity contribution >= 4 is 17.7 Å². The van der Waals surface area contributed by atoms with Crippen molar-refractivity contribution in [2.24, 2.45) is 0 Å². The molecule has 1 amide bonds. The number of benzene rings is 2. The van der Waals surface area contributed by atoms with Gasteiger partial charge in [0.2, 0.25) is 0 Å². The van der Waals surface area contributed by atoms with E-state index in [9.17, 15) is 18.4 Å². The lowest BCUT2D eigenvalue weighted by atomic mass is 9.94. The van der Waals surface area contributed by atoms with E-state index in [-0.39, 0.29) is 17.9 Å². The summed E-state index contributed by atoms with van der Waals surface area (Å²) in [5, 5.41) is 2.30. The minimum atomic E-state index is -1.31. The first-order chi connectivity index (χ1) is 13.6. The van der Waals surface area contributed by atoms with Gasteiger partial charge in [0.1, 0.15) is 23.8 Å². The van der Waals surface area contributed by atoms with Gasteiger partial charge in [-0.25, -0.2) is 13.6 Å². The SMILES string of the molecule is CC(C)(C)OC(=O)C1(c2c(F)cc(NC(=O)OCc3ccccc3)cc2F)CC1. The molecule has 2 aromatic carbocycles. The summed E-state index contributed by atoms with van der Waals surface area (Å²) in [6, 6.07) is 11.0. The van der Waals surface area contributed by atoms with Crippen LogP contribution in [0.25, 0.3) is 0 Å². The van der Waals surface area contributed by atoms with Crippen LogP contribution in [0.2, 0.25) is 0 Å². The van der Waals surface area contributed by atoms with Crippen LogP contribution in [0.4, 0.5) is 19.3 Å². The van der Waals surface area contributed by atoms with E-state index in [1.54, 1.807) is 45.0 Å². The summed E-state index contributed by atoms with van der Waals surface area (Å²) in [6.45, 7) is 5.11. The zero-order valence-electron chi connectivity index (χ0n) is 16.6. The highest BCUT2D eigenvalue weighted by molar-refractivity contribution is 5.88. The summed E-state index contributed by atoms with van der Waals surface area (Å²) in [6.07, 6.45) is -0.225. The Balaban J connectivity index is 1.71. The fourth-order valence-corrected chi connectivity index (χ4v) is 3.04. The highest BCUT2D eigenvalue weighted by Crippen LogP contribution is 2.51. The number of ether oxygens (including phenoxy) is 2. The number of esters is 1. The molecule has 0 aliphatic heterocycles. The molecule has 0 bridgehead atoms. The van der Waals surface area contributed by atoms with Crippen LogP contribution in [-0.2, 0) is 26.3 Å². The highest BCUT2D eigenvalue weighted by Gasteiger charge is 2.56. The number of amides is 1. The molecule has 0 heterocycles. The fraction of sp³-hybridized carbons (Fsp3) is 0.364. The van der Waals surface area contributed by atoms with E-state index in [0.717, 1.165) is 17.7 Å². The Labute approximate surface area is 168 Å². The summed E-state index contributed by atoms with van der Waals surface area (Å²) in [4.78, 5) is 24.4. The summed E-state index contributed by atoms with van der Waals surface area (Å²) >= 11 is 0. The van der Waals surface area contributed by atoms with Crippen molar-refractivity contribution in [3.8, 4) is 0 Å². The van der Waals surface area contributed by atoms with Gasteiger partial charge < -0.3 is 9.47 Å². The van der Waals surface area contributed by atoms with Crippen LogP contribution in [0.1, 0.15) is 44.7 Å². The quantitative estimate of drug-likeness (QED) is 0.707. The number of carbonyl (C=O) groups is 2. The Morgan fingerprint density at radius 3 is 2.17 bits per heavy atom. The van der Waals surface area contributed by atoms with Crippen LogP contribution >= 0.6 is 0 Å². The average Bonchev–Trinajstić information content (AvgIpc) is 3.40. The van der Waals surface area contributed by atoms with Gasteiger partial charge in [-0.15, -0.1) is 0 Å². The van der Waals surface area contributed by atoms with Gasteiger partial charge in [-0.05, 0) is 51.3 Å². The lowest BCUT2D eigenvalue weighted by molar-refractivity contribution is -0.158. The Morgan fingerprint density at radius 2 is 1.66 bits per heavy atom. The van der Waals surface area contributed by atoms with Gasteiger partial charge in [0, 0.05) is 11.3 Å².